The second kappa shape index (κ2) is 7.41. The summed E-state index contributed by atoms with van der Waals surface area (Å²) >= 11 is 0. The van der Waals surface area contributed by atoms with Gasteiger partial charge in [-0.15, -0.1) is 0 Å². The van der Waals surface area contributed by atoms with Crippen LogP contribution in [0, 0.1) is 17.0 Å². The molecule has 0 amide bonds. The number of carbonyl (C=O) groups is 1. The summed E-state index contributed by atoms with van der Waals surface area (Å²) in [5, 5.41) is 10.9. The average molecular weight is 364 g/mol. The molecule has 1 unspecified atom stereocenters. The maximum atomic E-state index is 12.7. The highest BCUT2D eigenvalue weighted by Crippen LogP contribution is 2.24. The van der Waals surface area contributed by atoms with Crippen LogP contribution in [0.5, 0.6) is 0 Å². The first-order valence-electron chi connectivity index (χ1n) is 7.16. The third kappa shape index (κ3) is 4.20. The molecule has 0 aliphatic rings. The molecule has 1 N–H and O–H groups in total. The molecule has 9 heteroatoms. The highest BCUT2D eigenvalue weighted by molar-refractivity contribution is 7.89. The summed E-state index contributed by atoms with van der Waals surface area (Å²) in [7, 11) is -3.06. The number of nitro groups is 1. The predicted octanol–water partition coefficient (Wildman–Crippen LogP) is 2.10. The molecule has 0 saturated heterocycles. The van der Waals surface area contributed by atoms with E-state index in [0.29, 0.717) is 11.1 Å². The summed E-state index contributed by atoms with van der Waals surface area (Å²) in [5.41, 5.74) is 0.344. The summed E-state index contributed by atoms with van der Waals surface area (Å²) in [6.07, 6.45) is 0. The molecule has 0 spiro atoms. The molecular weight excluding hydrogens is 348 g/mol. The number of carbonyl (C=O) groups excluding carboxylic acids is 1. The lowest BCUT2D eigenvalue weighted by Gasteiger charge is -2.17. The number of rotatable bonds is 6. The molecule has 1 atom stereocenters. The van der Waals surface area contributed by atoms with Crippen molar-refractivity contribution >= 4 is 21.7 Å². The van der Waals surface area contributed by atoms with E-state index in [1.54, 1.807) is 30.3 Å². The molecule has 0 saturated carbocycles. The minimum atomic E-state index is -4.20. The highest BCUT2D eigenvalue weighted by Gasteiger charge is 2.29. The Morgan fingerprint density at radius 3 is 2.40 bits per heavy atom. The van der Waals surface area contributed by atoms with E-state index in [4.69, 9.17) is 0 Å². The van der Waals surface area contributed by atoms with Crippen molar-refractivity contribution in [1.29, 1.82) is 0 Å². The number of nitrogens with one attached hydrogen (secondary N) is 1. The lowest BCUT2D eigenvalue weighted by Crippen LogP contribution is -2.34. The lowest BCUT2D eigenvalue weighted by atomic mass is 10.1. The topological polar surface area (TPSA) is 116 Å². The van der Waals surface area contributed by atoms with Gasteiger partial charge in [-0.05, 0) is 18.1 Å². The summed E-state index contributed by atoms with van der Waals surface area (Å²) in [4.78, 5) is 22.0. The normalized spacial score (nSPS) is 12.4. The van der Waals surface area contributed by atoms with Crippen molar-refractivity contribution < 1.29 is 22.9 Å². The zero-order valence-electron chi connectivity index (χ0n) is 13.5. The van der Waals surface area contributed by atoms with E-state index >= 15 is 0 Å². The molecule has 0 aromatic heterocycles. The summed E-state index contributed by atoms with van der Waals surface area (Å²) in [6.45, 7) is 1.51. The molecule has 0 aliphatic carbocycles. The second-order valence-corrected chi connectivity index (χ2v) is 6.88. The monoisotopic (exact) mass is 364 g/mol. The number of nitrogens with zero attached hydrogens (tertiary/aromatic N) is 1. The molecule has 2 aromatic carbocycles. The third-order valence-electron chi connectivity index (χ3n) is 3.51. The van der Waals surface area contributed by atoms with Gasteiger partial charge in [0, 0.05) is 12.1 Å². The summed E-state index contributed by atoms with van der Waals surface area (Å²) in [6, 6.07) is 10.4. The molecule has 0 fully saturated rings. The largest absolute Gasteiger partial charge is 0.468 e. The Hall–Kier alpha value is -2.78. The van der Waals surface area contributed by atoms with Gasteiger partial charge in [0.15, 0.2) is 0 Å². The number of nitro benzene ring substituents is 1. The number of hydrogen-bond acceptors (Lipinski definition) is 6. The Labute approximate surface area is 144 Å². The molecule has 25 heavy (non-hydrogen) atoms. The first-order chi connectivity index (χ1) is 11.8. The number of sulfonamides is 1. The van der Waals surface area contributed by atoms with Crippen LogP contribution < -0.4 is 4.72 Å². The Balaban J connectivity index is 2.46. The quantitative estimate of drug-likeness (QED) is 0.477. The van der Waals surface area contributed by atoms with Crippen LogP contribution in [-0.2, 0) is 19.6 Å². The van der Waals surface area contributed by atoms with E-state index in [-0.39, 0.29) is 10.6 Å². The van der Waals surface area contributed by atoms with Crippen LogP contribution in [0.3, 0.4) is 0 Å². The van der Waals surface area contributed by atoms with Gasteiger partial charge in [0.05, 0.1) is 16.9 Å². The van der Waals surface area contributed by atoms with Crippen molar-refractivity contribution in [2.24, 2.45) is 0 Å². The maximum Gasteiger partial charge on any atom is 0.328 e. The summed E-state index contributed by atoms with van der Waals surface area (Å²) < 4.78 is 32.3. The van der Waals surface area contributed by atoms with Gasteiger partial charge in [-0.3, -0.25) is 10.1 Å². The van der Waals surface area contributed by atoms with Crippen LogP contribution >= 0.6 is 0 Å². The number of esters is 1. The van der Waals surface area contributed by atoms with E-state index < -0.39 is 27.0 Å². The zero-order valence-corrected chi connectivity index (χ0v) is 14.3. The van der Waals surface area contributed by atoms with Gasteiger partial charge in [-0.2, -0.15) is 4.72 Å². The number of hydrogen-bond donors (Lipinski definition) is 1. The number of non-ortho nitro benzene ring substituents is 1. The molecule has 0 heterocycles. The van der Waals surface area contributed by atoms with Crippen LogP contribution in [0.1, 0.15) is 17.2 Å². The molecular formula is C16H16N2O6S. The van der Waals surface area contributed by atoms with E-state index in [1.807, 2.05) is 0 Å². The minimum absolute atomic E-state index is 0.272. The van der Waals surface area contributed by atoms with Crippen molar-refractivity contribution in [2.45, 2.75) is 17.9 Å². The molecule has 2 rings (SSSR count). The molecule has 8 nitrogen and oxygen atoms in total. The number of aryl methyl sites for hydroxylation is 1. The Bertz CT molecular complexity index is 896. The van der Waals surface area contributed by atoms with E-state index in [9.17, 15) is 23.3 Å². The van der Waals surface area contributed by atoms with E-state index in [1.165, 1.54) is 19.1 Å². The van der Waals surface area contributed by atoms with Gasteiger partial charge in [-0.25, -0.2) is 13.2 Å². The fraction of sp³-hybridized carbons (Fsp3) is 0.188. The molecule has 0 aliphatic heterocycles. The van der Waals surface area contributed by atoms with Crippen molar-refractivity contribution in [2.75, 3.05) is 7.11 Å². The Morgan fingerprint density at radius 2 is 1.84 bits per heavy atom. The number of benzene rings is 2. The van der Waals surface area contributed by atoms with Crippen LogP contribution in [0.2, 0.25) is 0 Å². The second-order valence-electron chi connectivity index (χ2n) is 5.20. The van der Waals surface area contributed by atoms with Gasteiger partial charge in [0.25, 0.3) is 5.69 Å². The van der Waals surface area contributed by atoms with E-state index in [2.05, 4.69) is 9.46 Å². The molecule has 0 radical (unpaired) electrons. The zero-order chi connectivity index (χ0) is 18.6. The van der Waals surface area contributed by atoms with Crippen LogP contribution in [0.15, 0.2) is 53.4 Å². The first-order valence-corrected chi connectivity index (χ1v) is 8.64. The van der Waals surface area contributed by atoms with Crippen molar-refractivity contribution in [1.82, 2.24) is 4.72 Å². The average Bonchev–Trinajstić information content (AvgIpc) is 2.59. The fourth-order valence-corrected chi connectivity index (χ4v) is 3.66. The van der Waals surface area contributed by atoms with Crippen LogP contribution in [0.4, 0.5) is 5.69 Å². The van der Waals surface area contributed by atoms with Gasteiger partial charge in [0.1, 0.15) is 6.04 Å². The SMILES string of the molecule is COC(=O)C(NS(=O)(=O)c1cc([N+](=O)[O-])ccc1C)c1ccccc1. The molecule has 132 valence electrons. The molecule has 0 bridgehead atoms. The van der Waals surface area contributed by atoms with Gasteiger partial charge < -0.3 is 4.74 Å². The summed E-state index contributed by atoms with van der Waals surface area (Å²) in [5.74, 6) is -0.794. The third-order valence-corrected chi connectivity index (χ3v) is 5.08. The minimum Gasteiger partial charge on any atom is -0.468 e. The Morgan fingerprint density at radius 1 is 1.20 bits per heavy atom. The highest BCUT2D eigenvalue weighted by atomic mass is 32.2. The standard InChI is InChI=1S/C16H16N2O6S/c1-11-8-9-13(18(20)21)10-14(11)25(22,23)17-15(16(19)24-2)12-6-4-3-5-7-12/h3-10,15,17H,1-2H3. The molecule has 2 aromatic rings. The van der Waals surface area contributed by atoms with Crippen LogP contribution in [-0.4, -0.2) is 26.4 Å². The van der Waals surface area contributed by atoms with Crippen molar-refractivity contribution in [3.05, 3.63) is 69.8 Å². The van der Waals surface area contributed by atoms with Gasteiger partial charge >= 0.3 is 5.97 Å². The predicted molar refractivity (Wildman–Crippen MR) is 89.4 cm³/mol. The Kier molecular flexibility index (Phi) is 5.50. The number of methoxy groups -OCH3 is 1. The first kappa shape index (κ1) is 18.6. The van der Waals surface area contributed by atoms with Crippen LogP contribution in [0.25, 0.3) is 0 Å². The van der Waals surface area contributed by atoms with Gasteiger partial charge in [0.2, 0.25) is 10.0 Å². The lowest BCUT2D eigenvalue weighted by molar-refractivity contribution is -0.385. The van der Waals surface area contributed by atoms with E-state index in [0.717, 1.165) is 13.2 Å². The smallest absolute Gasteiger partial charge is 0.328 e. The number of ether oxygens (including phenoxy) is 1. The van der Waals surface area contributed by atoms with Gasteiger partial charge in [-0.1, -0.05) is 36.4 Å². The fourth-order valence-electron chi connectivity index (χ4n) is 2.23. The van der Waals surface area contributed by atoms with Crippen molar-refractivity contribution in [3.8, 4) is 0 Å². The van der Waals surface area contributed by atoms with Crippen molar-refractivity contribution in [3.63, 3.8) is 0 Å². The maximum absolute atomic E-state index is 12.7.